The van der Waals surface area contributed by atoms with Gasteiger partial charge in [-0.15, -0.1) is 0 Å². The molecule has 0 spiro atoms. The molecule has 1 aliphatic rings. The zero-order valence-electron chi connectivity index (χ0n) is 25.1. The monoisotopic (exact) mass is 696 g/mol. The number of likely N-dealkylation sites (tertiary alicyclic amines) is 1. The summed E-state index contributed by atoms with van der Waals surface area (Å²) in [4.78, 5) is 35.1. The van der Waals surface area contributed by atoms with Gasteiger partial charge in [0.1, 0.15) is 0 Å². The summed E-state index contributed by atoms with van der Waals surface area (Å²) in [5, 5.41) is 5.86. The molecule has 2 aromatic heterocycles. The first kappa shape index (κ1) is 33.0. The van der Waals surface area contributed by atoms with Gasteiger partial charge in [0, 0.05) is 48.0 Å². The number of alkyl halides is 3. The Morgan fingerprint density at radius 1 is 0.979 bits per heavy atom. The lowest BCUT2D eigenvalue weighted by molar-refractivity contribution is -0.167. The lowest BCUT2D eigenvalue weighted by Crippen LogP contribution is -2.41. The summed E-state index contributed by atoms with van der Waals surface area (Å²) in [5.41, 5.74) is 1.54. The van der Waals surface area contributed by atoms with E-state index in [-0.39, 0.29) is 38.9 Å². The second-order valence-corrected chi connectivity index (χ2v) is 13.5. The minimum atomic E-state index is -5.02. The maximum absolute atomic E-state index is 13.6. The Morgan fingerprint density at radius 2 is 1.69 bits per heavy atom. The first-order valence-electron chi connectivity index (χ1n) is 14.9. The van der Waals surface area contributed by atoms with Gasteiger partial charge in [0.25, 0.3) is 15.9 Å². The van der Waals surface area contributed by atoms with Gasteiger partial charge in [0.2, 0.25) is 5.95 Å². The van der Waals surface area contributed by atoms with Crippen molar-refractivity contribution in [3.05, 3.63) is 102 Å². The maximum Gasteiger partial charge on any atom is 0.471 e. The van der Waals surface area contributed by atoms with Crippen molar-refractivity contribution in [2.75, 3.05) is 30.3 Å². The van der Waals surface area contributed by atoms with Crippen molar-refractivity contribution in [3.63, 3.8) is 0 Å². The normalized spacial score (nSPS) is 15.3. The molecule has 0 aliphatic carbocycles. The third kappa shape index (κ3) is 6.85. The van der Waals surface area contributed by atoms with Gasteiger partial charge in [0.05, 0.1) is 27.3 Å². The summed E-state index contributed by atoms with van der Waals surface area (Å²) in [5.74, 6) is -2.06. The van der Waals surface area contributed by atoms with Crippen molar-refractivity contribution in [2.45, 2.75) is 23.9 Å². The number of aromatic nitrogens is 3. The number of carbonyl (C=O) groups is 2. The lowest BCUT2D eigenvalue weighted by Gasteiger charge is -2.33. The number of para-hydroxylation sites is 1. The van der Waals surface area contributed by atoms with Crippen molar-refractivity contribution < 1.29 is 31.2 Å². The first-order valence-corrected chi connectivity index (χ1v) is 16.7. The molecule has 10 nitrogen and oxygen atoms in total. The van der Waals surface area contributed by atoms with Crippen molar-refractivity contribution in [1.82, 2.24) is 18.8 Å². The molecule has 3 aromatic carbocycles. The van der Waals surface area contributed by atoms with Crippen LogP contribution in [0.1, 0.15) is 23.2 Å². The van der Waals surface area contributed by atoms with Gasteiger partial charge in [-0.1, -0.05) is 48.0 Å². The third-order valence-electron chi connectivity index (χ3n) is 7.98. The average Bonchev–Trinajstić information content (AvgIpc) is 3.48. The number of piperidine rings is 1. The minimum Gasteiger partial charge on any atom is -0.354 e. The molecule has 2 amide bonds. The number of hydrogen-bond acceptors (Lipinski definition) is 7. The number of fused-ring (bicyclic) bond motifs is 1. The van der Waals surface area contributed by atoms with Crippen LogP contribution in [0.4, 0.5) is 24.8 Å². The molecule has 5 aromatic rings. The average molecular weight is 697 g/mol. The fourth-order valence-electron chi connectivity index (χ4n) is 5.62. The van der Waals surface area contributed by atoms with Gasteiger partial charge in [-0.05, 0) is 61.2 Å². The van der Waals surface area contributed by atoms with Crippen molar-refractivity contribution in [3.8, 4) is 11.3 Å². The minimum absolute atomic E-state index is 0.0358. The Balaban J connectivity index is 1.16. The van der Waals surface area contributed by atoms with E-state index in [0.29, 0.717) is 41.8 Å². The summed E-state index contributed by atoms with van der Waals surface area (Å²) in [7, 11) is -3.92. The van der Waals surface area contributed by atoms with Gasteiger partial charge in [0.15, 0.2) is 0 Å². The molecular weight excluding hydrogens is 669 g/mol. The molecule has 1 aliphatic heterocycles. The number of nitrogens with one attached hydrogen (secondary N) is 2. The second kappa shape index (κ2) is 13.3. The van der Waals surface area contributed by atoms with Gasteiger partial charge in [-0.2, -0.15) is 13.2 Å². The predicted molar refractivity (Wildman–Crippen MR) is 175 cm³/mol. The quantitative estimate of drug-likeness (QED) is 0.191. The smallest absolute Gasteiger partial charge is 0.354 e. The number of halogens is 4. The molecule has 0 bridgehead atoms. The van der Waals surface area contributed by atoms with Crippen LogP contribution in [-0.2, 0) is 14.8 Å². The van der Waals surface area contributed by atoms with Crippen LogP contribution in [0.25, 0.3) is 22.2 Å². The topological polar surface area (TPSA) is 126 Å². The molecule has 248 valence electrons. The van der Waals surface area contributed by atoms with E-state index in [1.54, 1.807) is 52.7 Å². The highest BCUT2D eigenvalue weighted by Gasteiger charge is 2.38. The van der Waals surface area contributed by atoms with Gasteiger partial charge in [-0.25, -0.2) is 22.4 Å². The van der Waals surface area contributed by atoms with E-state index in [4.69, 9.17) is 11.6 Å². The molecule has 6 rings (SSSR count). The molecule has 0 radical (unpaired) electrons. The van der Waals surface area contributed by atoms with Crippen LogP contribution >= 0.6 is 11.6 Å². The highest BCUT2D eigenvalue weighted by Crippen LogP contribution is 2.36. The van der Waals surface area contributed by atoms with Gasteiger partial charge < -0.3 is 15.5 Å². The molecular formula is C33H28ClF3N6O4S. The molecule has 15 heteroatoms. The summed E-state index contributed by atoms with van der Waals surface area (Å²) in [6, 6.07) is 20.4. The molecule has 1 saturated heterocycles. The van der Waals surface area contributed by atoms with Crippen LogP contribution in [-0.4, -0.2) is 64.9 Å². The number of benzene rings is 3. The number of amides is 2. The Labute approximate surface area is 278 Å². The van der Waals surface area contributed by atoms with Crippen molar-refractivity contribution in [2.24, 2.45) is 5.92 Å². The van der Waals surface area contributed by atoms with E-state index >= 15 is 0 Å². The number of rotatable bonds is 8. The number of nitrogens with zero attached hydrogens (tertiary/aromatic N) is 4. The summed E-state index contributed by atoms with van der Waals surface area (Å²) in [6.45, 7) is 1.36. The number of anilines is 2. The van der Waals surface area contributed by atoms with Crippen LogP contribution < -0.4 is 10.6 Å². The second-order valence-electron chi connectivity index (χ2n) is 11.2. The molecule has 48 heavy (non-hydrogen) atoms. The van der Waals surface area contributed by atoms with Crippen molar-refractivity contribution in [1.29, 1.82) is 0 Å². The van der Waals surface area contributed by atoms with Crippen LogP contribution in [0.3, 0.4) is 0 Å². The van der Waals surface area contributed by atoms with E-state index in [2.05, 4.69) is 15.3 Å². The van der Waals surface area contributed by atoms with Gasteiger partial charge >= 0.3 is 12.1 Å². The van der Waals surface area contributed by atoms with Crippen LogP contribution in [0.15, 0.2) is 96.2 Å². The summed E-state index contributed by atoms with van der Waals surface area (Å²) < 4.78 is 66.0. The fraction of sp³-hybridized carbons (Fsp3) is 0.212. The van der Waals surface area contributed by atoms with Crippen LogP contribution in [0, 0.1) is 5.92 Å². The third-order valence-corrected chi connectivity index (χ3v) is 9.94. The fourth-order valence-corrected chi connectivity index (χ4v) is 7.20. The zero-order valence-corrected chi connectivity index (χ0v) is 26.7. The van der Waals surface area contributed by atoms with Crippen molar-refractivity contribution >= 4 is 56.0 Å². The summed E-state index contributed by atoms with van der Waals surface area (Å²) >= 11 is 6.56. The van der Waals surface area contributed by atoms with E-state index < -0.39 is 22.1 Å². The molecule has 0 saturated carbocycles. The Bertz CT molecular complexity index is 2090. The SMILES string of the molecule is O=C(c1ccc(NC(=O)C(F)(F)F)cc1)N1CCCC(CNc2ncc(Cl)c(-c3cn(S(=O)(=O)c4ccccc4)c4ccccc34)n2)C1. The van der Waals surface area contributed by atoms with E-state index in [9.17, 15) is 31.2 Å². The highest BCUT2D eigenvalue weighted by atomic mass is 35.5. The Morgan fingerprint density at radius 3 is 2.42 bits per heavy atom. The van der Waals surface area contributed by atoms with E-state index in [0.717, 1.165) is 12.8 Å². The summed E-state index contributed by atoms with van der Waals surface area (Å²) in [6.07, 6.45) is -0.506. The van der Waals surface area contributed by atoms with Crippen LogP contribution in [0.5, 0.6) is 0 Å². The number of carbonyl (C=O) groups excluding carboxylic acids is 2. The molecule has 1 fully saturated rings. The van der Waals surface area contributed by atoms with E-state index in [1.165, 1.54) is 52.8 Å². The zero-order chi connectivity index (χ0) is 34.1. The number of hydrogen-bond donors (Lipinski definition) is 2. The largest absolute Gasteiger partial charge is 0.471 e. The van der Waals surface area contributed by atoms with Gasteiger partial charge in [-0.3, -0.25) is 9.59 Å². The Kier molecular flexibility index (Phi) is 9.12. The Hall–Kier alpha value is -4.95. The maximum atomic E-state index is 13.6. The molecule has 1 unspecified atom stereocenters. The highest BCUT2D eigenvalue weighted by molar-refractivity contribution is 7.90. The lowest BCUT2D eigenvalue weighted by atomic mass is 9.97. The first-order chi connectivity index (χ1) is 22.9. The standard InChI is InChI=1S/C33H28ClF3N6O4S/c34-27-18-39-32(41-29(27)26-20-43(28-11-5-4-10-25(26)28)48(46,47)24-8-2-1-3-9-24)38-17-21-7-6-16-42(19-21)30(44)22-12-14-23(15-13-22)40-31(45)33(35,36)37/h1-5,8-15,18,20-21H,6-7,16-17,19H2,(H,40,45)(H,38,39,41). The predicted octanol–water partition coefficient (Wildman–Crippen LogP) is 6.45. The van der Waals surface area contributed by atoms with E-state index in [1.807, 2.05) is 0 Å². The molecule has 2 N–H and O–H groups in total. The van der Waals surface area contributed by atoms with Crippen LogP contribution in [0.2, 0.25) is 5.02 Å². The molecule has 1 atom stereocenters. The molecule has 3 heterocycles.